The summed E-state index contributed by atoms with van der Waals surface area (Å²) in [6, 6.07) is 6.50. The number of rotatable bonds is 6. The van der Waals surface area contributed by atoms with Crippen molar-refractivity contribution < 1.29 is 19.7 Å². The van der Waals surface area contributed by atoms with Crippen molar-refractivity contribution >= 4 is 5.97 Å². The maximum Gasteiger partial charge on any atom is 0.335 e. The first-order valence-electron chi connectivity index (χ1n) is 8.00. The molecule has 120 valence electrons. The van der Waals surface area contributed by atoms with E-state index in [0.717, 1.165) is 38.9 Å². The van der Waals surface area contributed by atoms with Crippen LogP contribution in [-0.2, 0) is 0 Å². The molecule has 2 bridgehead atoms. The number of nitrogens with zero attached hydrogens (tertiary/aromatic N) is 1. The Balaban J connectivity index is 1.38. The lowest BCUT2D eigenvalue weighted by Crippen LogP contribution is -2.45. The topological polar surface area (TPSA) is 70.0 Å². The van der Waals surface area contributed by atoms with E-state index in [9.17, 15) is 9.90 Å². The van der Waals surface area contributed by atoms with Crippen LogP contribution in [0.2, 0.25) is 0 Å². The van der Waals surface area contributed by atoms with Crippen LogP contribution in [0, 0.1) is 11.8 Å². The zero-order chi connectivity index (χ0) is 15.5. The lowest BCUT2D eigenvalue weighted by atomic mass is 9.95. The van der Waals surface area contributed by atoms with E-state index in [1.54, 1.807) is 24.3 Å². The normalized spacial score (nSPS) is 27.8. The second-order valence-electron chi connectivity index (χ2n) is 6.38. The van der Waals surface area contributed by atoms with Crippen LogP contribution < -0.4 is 4.74 Å². The molecular weight excluding hydrogens is 282 g/mol. The quantitative estimate of drug-likeness (QED) is 0.785. The Morgan fingerprint density at radius 2 is 1.82 bits per heavy atom. The molecule has 3 rings (SSSR count). The molecule has 1 aliphatic heterocycles. The largest absolute Gasteiger partial charge is 0.494 e. The van der Waals surface area contributed by atoms with E-state index in [1.807, 2.05) is 0 Å². The van der Waals surface area contributed by atoms with Crippen LogP contribution in [0.25, 0.3) is 0 Å². The highest BCUT2D eigenvalue weighted by molar-refractivity contribution is 5.87. The van der Waals surface area contributed by atoms with E-state index in [-0.39, 0.29) is 11.7 Å². The molecule has 0 amide bonds. The van der Waals surface area contributed by atoms with Gasteiger partial charge in [-0.2, -0.15) is 0 Å². The zero-order valence-electron chi connectivity index (χ0n) is 12.6. The van der Waals surface area contributed by atoms with Gasteiger partial charge in [0.2, 0.25) is 0 Å². The minimum Gasteiger partial charge on any atom is -0.494 e. The molecule has 22 heavy (non-hydrogen) atoms. The number of benzene rings is 1. The van der Waals surface area contributed by atoms with Crippen LogP contribution in [0.15, 0.2) is 24.3 Å². The average Bonchev–Trinajstić information content (AvgIpc) is 2.74. The highest BCUT2D eigenvalue weighted by Gasteiger charge is 2.40. The van der Waals surface area contributed by atoms with Gasteiger partial charge in [0.15, 0.2) is 0 Å². The van der Waals surface area contributed by atoms with Crippen molar-refractivity contribution in [2.45, 2.75) is 25.4 Å². The predicted molar refractivity (Wildman–Crippen MR) is 82.2 cm³/mol. The molecular formula is C17H23NO4. The van der Waals surface area contributed by atoms with Crippen molar-refractivity contribution in [1.82, 2.24) is 4.90 Å². The van der Waals surface area contributed by atoms with Gasteiger partial charge in [-0.25, -0.2) is 4.79 Å². The van der Waals surface area contributed by atoms with Gasteiger partial charge >= 0.3 is 5.97 Å². The Labute approximate surface area is 130 Å². The van der Waals surface area contributed by atoms with Gasteiger partial charge in [0, 0.05) is 19.6 Å². The van der Waals surface area contributed by atoms with Crippen molar-refractivity contribution in [1.29, 1.82) is 0 Å². The molecule has 0 aromatic heterocycles. The monoisotopic (exact) mass is 305 g/mol. The van der Waals surface area contributed by atoms with Gasteiger partial charge in [-0.1, -0.05) is 0 Å². The molecule has 5 nitrogen and oxygen atoms in total. The number of carbonyl (C=O) groups is 1. The van der Waals surface area contributed by atoms with E-state index in [0.29, 0.717) is 24.2 Å². The number of fused-ring (bicyclic) bond motifs is 2. The number of carboxylic acids is 1. The molecule has 1 aliphatic carbocycles. The second kappa shape index (κ2) is 6.67. The fourth-order valence-corrected chi connectivity index (χ4v) is 3.65. The van der Waals surface area contributed by atoms with E-state index in [2.05, 4.69) is 4.90 Å². The number of hydrogen-bond donors (Lipinski definition) is 2. The van der Waals surface area contributed by atoms with E-state index >= 15 is 0 Å². The van der Waals surface area contributed by atoms with Crippen LogP contribution >= 0.6 is 0 Å². The summed E-state index contributed by atoms with van der Waals surface area (Å²) in [5.74, 6) is 0.707. The van der Waals surface area contributed by atoms with Crippen LogP contribution in [-0.4, -0.2) is 53.4 Å². The van der Waals surface area contributed by atoms with Gasteiger partial charge in [0.05, 0.1) is 18.3 Å². The first kappa shape index (κ1) is 15.3. The SMILES string of the molecule is O=C(O)c1ccc(OCCCN2C[C@H]3CC[C@@H](C2)C3O)cc1. The van der Waals surface area contributed by atoms with E-state index in [1.165, 1.54) is 0 Å². The molecule has 0 radical (unpaired) electrons. The Morgan fingerprint density at radius 1 is 1.18 bits per heavy atom. The Hall–Kier alpha value is -1.59. The van der Waals surface area contributed by atoms with Crippen molar-refractivity contribution in [2.75, 3.05) is 26.2 Å². The third kappa shape index (κ3) is 3.42. The van der Waals surface area contributed by atoms with Crippen LogP contribution in [0.1, 0.15) is 29.6 Å². The molecule has 1 saturated carbocycles. The van der Waals surface area contributed by atoms with E-state index in [4.69, 9.17) is 9.84 Å². The van der Waals surface area contributed by atoms with Crippen molar-refractivity contribution in [3.63, 3.8) is 0 Å². The Morgan fingerprint density at radius 3 is 2.41 bits per heavy atom. The molecule has 2 N–H and O–H groups in total. The van der Waals surface area contributed by atoms with Crippen molar-refractivity contribution in [2.24, 2.45) is 11.8 Å². The standard InChI is InChI=1S/C17H23NO4/c19-16-13-2-3-14(16)11-18(10-13)8-1-9-22-15-6-4-12(5-7-15)17(20)21/h4-7,13-14,16,19H,1-3,8-11H2,(H,20,21)/t13-,14+,16?. The van der Waals surface area contributed by atoms with Gasteiger partial charge in [-0.15, -0.1) is 0 Å². The third-order valence-electron chi connectivity index (χ3n) is 4.85. The molecule has 3 atom stereocenters. The number of hydrogen-bond acceptors (Lipinski definition) is 4. The average molecular weight is 305 g/mol. The molecule has 2 fully saturated rings. The summed E-state index contributed by atoms with van der Waals surface area (Å²) < 4.78 is 5.65. The molecule has 1 aromatic rings. The number of piperidine rings is 1. The summed E-state index contributed by atoms with van der Waals surface area (Å²) in [6.45, 7) is 3.63. The lowest BCUT2D eigenvalue weighted by Gasteiger charge is -2.35. The highest BCUT2D eigenvalue weighted by atomic mass is 16.5. The molecule has 2 aliphatic rings. The van der Waals surface area contributed by atoms with Crippen molar-refractivity contribution in [3.8, 4) is 5.75 Å². The fourth-order valence-electron chi connectivity index (χ4n) is 3.65. The first-order valence-corrected chi connectivity index (χ1v) is 8.00. The minimum atomic E-state index is -0.923. The second-order valence-corrected chi connectivity index (χ2v) is 6.38. The fraction of sp³-hybridized carbons (Fsp3) is 0.588. The zero-order valence-corrected chi connectivity index (χ0v) is 12.6. The molecule has 5 heteroatoms. The molecule has 1 saturated heterocycles. The van der Waals surface area contributed by atoms with Crippen molar-refractivity contribution in [3.05, 3.63) is 29.8 Å². The summed E-state index contributed by atoms with van der Waals surface area (Å²) in [7, 11) is 0. The smallest absolute Gasteiger partial charge is 0.335 e. The molecule has 1 aromatic carbocycles. The van der Waals surface area contributed by atoms with Crippen LogP contribution in [0.5, 0.6) is 5.75 Å². The summed E-state index contributed by atoms with van der Waals surface area (Å²) in [5.41, 5.74) is 0.273. The maximum absolute atomic E-state index is 10.8. The van der Waals surface area contributed by atoms with Crippen LogP contribution in [0.3, 0.4) is 0 Å². The predicted octanol–water partition coefficient (Wildman–Crippen LogP) is 1.86. The molecule has 1 heterocycles. The summed E-state index contributed by atoms with van der Waals surface area (Å²) in [6.07, 6.45) is 3.18. The van der Waals surface area contributed by atoms with Gasteiger partial charge in [0.25, 0.3) is 0 Å². The Bertz CT molecular complexity index is 502. The summed E-state index contributed by atoms with van der Waals surface area (Å²) in [5, 5.41) is 18.9. The number of likely N-dealkylation sites (tertiary alicyclic amines) is 1. The summed E-state index contributed by atoms with van der Waals surface area (Å²) in [4.78, 5) is 13.2. The number of aliphatic hydroxyl groups excluding tert-OH is 1. The molecule has 1 unspecified atom stereocenters. The number of aromatic carboxylic acids is 1. The van der Waals surface area contributed by atoms with Gasteiger partial charge in [0.1, 0.15) is 5.75 Å². The Kier molecular flexibility index (Phi) is 4.64. The number of carboxylic acid groups (broad SMARTS) is 1. The lowest BCUT2D eigenvalue weighted by molar-refractivity contribution is 0.0155. The van der Waals surface area contributed by atoms with Gasteiger partial charge in [-0.3, -0.25) is 0 Å². The third-order valence-corrected chi connectivity index (χ3v) is 4.85. The van der Waals surface area contributed by atoms with Crippen LogP contribution in [0.4, 0.5) is 0 Å². The van der Waals surface area contributed by atoms with Gasteiger partial charge in [-0.05, 0) is 55.4 Å². The van der Waals surface area contributed by atoms with E-state index < -0.39 is 5.97 Å². The van der Waals surface area contributed by atoms with Gasteiger partial charge < -0.3 is 19.8 Å². The number of ether oxygens (including phenoxy) is 1. The highest BCUT2D eigenvalue weighted by Crippen LogP contribution is 2.36. The first-order chi connectivity index (χ1) is 10.6. The summed E-state index contributed by atoms with van der Waals surface area (Å²) >= 11 is 0. The number of aliphatic hydroxyl groups is 1. The molecule has 0 spiro atoms. The minimum absolute atomic E-state index is 0.0831. The maximum atomic E-state index is 10.8.